The highest BCUT2D eigenvalue weighted by Crippen LogP contribution is 2.63. The van der Waals surface area contributed by atoms with Crippen LogP contribution in [-0.2, 0) is 4.79 Å². The monoisotopic (exact) mass is 308 g/mol. The van der Waals surface area contributed by atoms with Gasteiger partial charge in [-0.1, -0.05) is 48.0 Å². The molecule has 3 rings (SSSR count). The van der Waals surface area contributed by atoms with E-state index in [0.29, 0.717) is 23.5 Å². The SMILES string of the molecule is CC(C)[C@@H]1CC[C@@H](C)C[C@H]1O.CC12CCC(CC1=O)C2(C)C. The zero-order valence-corrected chi connectivity index (χ0v) is 15.5. The molecule has 0 radical (unpaired) electrons. The van der Waals surface area contributed by atoms with Crippen molar-refractivity contribution in [2.75, 3.05) is 0 Å². The first-order valence-electron chi connectivity index (χ1n) is 9.31. The molecule has 5 atom stereocenters. The van der Waals surface area contributed by atoms with Crippen LogP contribution in [0.1, 0.15) is 80.1 Å². The lowest BCUT2D eigenvalue weighted by Crippen LogP contribution is -2.32. The van der Waals surface area contributed by atoms with E-state index in [1.807, 2.05) is 0 Å². The molecule has 0 aliphatic heterocycles. The molecule has 0 heterocycles. The van der Waals surface area contributed by atoms with Crippen LogP contribution < -0.4 is 0 Å². The van der Waals surface area contributed by atoms with Crippen molar-refractivity contribution in [2.24, 2.45) is 34.5 Å². The molecule has 0 amide bonds. The summed E-state index contributed by atoms with van der Waals surface area (Å²) in [5.41, 5.74) is 0.307. The van der Waals surface area contributed by atoms with Gasteiger partial charge in [-0.15, -0.1) is 0 Å². The van der Waals surface area contributed by atoms with Crippen LogP contribution in [0.3, 0.4) is 0 Å². The number of aliphatic hydroxyl groups excluding tert-OH is 1. The number of hydrogen-bond acceptors (Lipinski definition) is 2. The van der Waals surface area contributed by atoms with Gasteiger partial charge in [0.2, 0.25) is 0 Å². The van der Waals surface area contributed by atoms with Crippen LogP contribution in [0, 0.1) is 34.5 Å². The number of ketones is 1. The van der Waals surface area contributed by atoms with E-state index in [1.165, 1.54) is 19.3 Å². The molecule has 3 saturated carbocycles. The Kier molecular flexibility index (Phi) is 5.12. The summed E-state index contributed by atoms with van der Waals surface area (Å²) in [6, 6.07) is 0. The summed E-state index contributed by atoms with van der Waals surface area (Å²) in [7, 11) is 0. The third-order valence-electron chi connectivity index (χ3n) is 7.47. The molecule has 0 aromatic rings. The number of fused-ring (bicyclic) bond motifs is 2. The first-order valence-corrected chi connectivity index (χ1v) is 9.31. The Morgan fingerprint density at radius 1 is 1.14 bits per heavy atom. The number of Topliss-reactive ketones (excluding diaryl/α,β-unsaturated/α-hetero) is 1. The van der Waals surface area contributed by atoms with Gasteiger partial charge in [0.05, 0.1) is 6.10 Å². The molecule has 0 aromatic heterocycles. The summed E-state index contributed by atoms with van der Waals surface area (Å²) in [6.07, 6.45) is 6.77. The molecule has 128 valence electrons. The highest BCUT2D eigenvalue weighted by molar-refractivity contribution is 5.89. The normalized spacial score (nSPS) is 43.2. The largest absolute Gasteiger partial charge is 0.393 e. The second-order valence-corrected chi connectivity index (χ2v) is 9.31. The van der Waals surface area contributed by atoms with Gasteiger partial charge in [-0.3, -0.25) is 4.79 Å². The molecule has 2 unspecified atom stereocenters. The van der Waals surface area contributed by atoms with E-state index in [-0.39, 0.29) is 16.9 Å². The molecule has 2 nitrogen and oxygen atoms in total. The van der Waals surface area contributed by atoms with Gasteiger partial charge in [-0.05, 0) is 54.8 Å². The number of rotatable bonds is 1. The van der Waals surface area contributed by atoms with Crippen LogP contribution in [0.2, 0.25) is 0 Å². The average molecular weight is 309 g/mol. The first-order chi connectivity index (χ1) is 10.1. The summed E-state index contributed by atoms with van der Waals surface area (Å²) in [5.74, 6) is 3.14. The van der Waals surface area contributed by atoms with E-state index in [9.17, 15) is 9.90 Å². The Balaban J connectivity index is 0.000000160. The van der Waals surface area contributed by atoms with E-state index in [0.717, 1.165) is 25.2 Å². The number of hydrogen-bond donors (Lipinski definition) is 1. The van der Waals surface area contributed by atoms with Crippen LogP contribution in [0.25, 0.3) is 0 Å². The Bertz CT molecular complexity index is 412. The molecule has 3 aliphatic carbocycles. The van der Waals surface area contributed by atoms with Crippen molar-refractivity contribution >= 4 is 5.78 Å². The second kappa shape index (κ2) is 6.26. The van der Waals surface area contributed by atoms with Crippen molar-refractivity contribution in [1.82, 2.24) is 0 Å². The third kappa shape index (κ3) is 3.00. The van der Waals surface area contributed by atoms with Crippen molar-refractivity contribution in [3.63, 3.8) is 0 Å². The maximum absolute atomic E-state index is 11.6. The molecule has 3 aliphatic rings. The topological polar surface area (TPSA) is 37.3 Å². The third-order valence-corrected chi connectivity index (χ3v) is 7.47. The smallest absolute Gasteiger partial charge is 0.139 e. The summed E-state index contributed by atoms with van der Waals surface area (Å²) >= 11 is 0. The van der Waals surface area contributed by atoms with E-state index < -0.39 is 0 Å². The molecule has 0 aromatic carbocycles. The standard InChI is InChI=1S/C10H16O.C10H20O/c1-9(2)7-4-5-10(9,3)8(11)6-7;1-7(2)9-5-4-8(3)6-10(9)11/h7H,4-6H2,1-3H3;7-11H,4-6H2,1-3H3/t;8-,9+,10-/m.1/s1. The Labute approximate surface area is 137 Å². The highest BCUT2D eigenvalue weighted by Gasteiger charge is 2.61. The predicted molar refractivity (Wildman–Crippen MR) is 91.6 cm³/mol. The van der Waals surface area contributed by atoms with Crippen LogP contribution in [-0.4, -0.2) is 17.0 Å². The zero-order chi connectivity index (χ0) is 16.7. The molecule has 0 saturated heterocycles. The molecule has 3 fully saturated rings. The Hall–Kier alpha value is -0.370. The van der Waals surface area contributed by atoms with E-state index >= 15 is 0 Å². The first kappa shape index (κ1) is 18.0. The fraction of sp³-hybridized carbons (Fsp3) is 0.950. The van der Waals surface area contributed by atoms with Crippen LogP contribution in [0.5, 0.6) is 0 Å². The number of aliphatic hydroxyl groups is 1. The van der Waals surface area contributed by atoms with Gasteiger partial charge in [0.25, 0.3) is 0 Å². The minimum atomic E-state index is -0.0289. The van der Waals surface area contributed by atoms with Crippen LogP contribution in [0.15, 0.2) is 0 Å². The lowest BCUT2D eigenvalue weighted by molar-refractivity contribution is -0.128. The Morgan fingerprint density at radius 3 is 2.09 bits per heavy atom. The Morgan fingerprint density at radius 2 is 1.77 bits per heavy atom. The van der Waals surface area contributed by atoms with Gasteiger partial charge in [0, 0.05) is 11.8 Å². The highest BCUT2D eigenvalue weighted by atomic mass is 16.3. The lowest BCUT2D eigenvalue weighted by atomic mass is 9.70. The molecule has 0 spiro atoms. The van der Waals surface area contributed by atoms with Gasteiger partial charge >= 0.3 is 0 Å². The second-order valence-electron chi connectivity index (χ2n) is 9.31. The summed E-state index contributed by atoms with van der Waals surface area (Å²) in [4.78, 5) is 11.6. The quantitative estimate of drug-likeness (QED) is 0.752. The van der Waals surface area contributed by atoms with Gasteiger partial charge < -0.3 is 5.11 Å². The minimum Gasteiger partial charge on any atom is -0.393 e. The van der Waals surface area contributed by atoms with E-state index in [2.05, 4.69) is 41.5 Å². The maximum Gasteiger partial charge on any atom is 0.139 e. The summed E-state index contributed by atoms with van der Waals surface area (Å²) in [5, 5.41) is 9.71. The van der Waals surface area contributed by atoms with Gasteiger partial charge in [-0.25, -0.2) is 0 Å². The zero-order valence-electron chi connectivity index (χ0n) is 15.5. The van der Waals surface area contributed by atoms with Gasteiger partial charge in [0.15, 0.2) is 0 Å². The maximum atomic E-state index is 11.6. The van der Waals surface area contributed by atoms with Crippen LogP contribution in [0.4, 0.5) is 0 Å². The van der Waals surface area contributed by atoms with E-state index in [4.69, 9.17) is 0 Å². The fourth-order valence-electron chi connectivity index (χ4n) is 5.05. The van der Waals surface area contributed by atoms with E-state index in [1.54, 1.807) is 0 Å². The molecular weight excluding hydrogens is 272 g/mol. The lowest BCUT2D eigenvalue weighted by Gasteiger charge is -2.33. The number of carbonyl (C=O) groups is 1. The van der Waals surface area contributed by atoms with Crippen molar-refractivity contribution in [2.45, 2.75) is 86.2 Å². The molecular formula is C20H36O2. The van der Waals surface area contributed by atoms with Gasteiger partial charge in [-0.2, -0.15) is 0 Å². The van der Waals surface area contributed by atoms with Gasteiger partial charge in [0.1, 0.15) is 5.78 Å². The summed E-state index contributed by atoms with van der Waals surface area (Å²) in [6.45, 7) is 13.3. The predicted octanol–water partition coefficient (Wildman–Crippen LogP) is 4.84. The molecule has 1 N–H and O–H groups in total. The average Bonchev–Trinajstić information content (AvgIpc) is 2.72. The molecule has 2 heteroatoms. The van der Waals surface area contributed by atoms with Crippen molar-refractivity contribution in [3.8, 4) is 0 Å². The van der Waals surface area contributed by atoms with Crippen molar-refractivity contribution in [1.29, 1.82) is 0 Å². The van der Waals surface area contributed by atoms with Crippen LogP contribution >= 0.6 is 0 Å². The molecule has 22 heavy (non-hydrogen) atoms. The fourth-order valence-corrected chi connectivity index (χ4v) is 5.05. The number of carbonyl (C=O) groups excluding carboxylic acids is 1. The molecule has 2 bridgehead atoms. The van der Waals surface area contributed by atoms with Crippen molar-refractivity contribution < 1.29 is 9.90 Å². The minimum absolute atomic E-state index is 0.0255. The summed E-state index contributed by atoms with van der Waals surface area (Å²) < 4.78 is 0. The van der Waals surface area contributed by atoms with Crippen molar-refractivity contribution in [3.05, 3.63) is 0 Å².